The van der Waals surface area contributed by atoms with Gasteiger partial charge in [0.05, 0.1) is 21.1 Å². The number of aliphatic carboxylic acids is 1. The van der Waals surface area contributed by atoms with E-state index >= 15 is 0 Å². The number of fused-ring (bicyclic) bond motifs is 1. The Morgan fingerprint density at radius 3 is 2.83 bits per heavy atom. The molecule has 2 atom stereocenters. The molecule has 7 heteroatoms. The van der Waals surface area contributed by atoms with Gasteiger partial charge in [-0.25, -0.2) is 8.42 Å². The first-order chi connectivity index (χ1) is 11.3. The summed E-state index contributed by atoms with van der Waals surface area (Å²) in [5.41, 5.74) is -0.00704. The molecule has 3 rings (SSSR count). The zero-order valence-electron chi connectivity index (χ0n) is 13.7. The van der Waals surface area contributed by atoms with Gasteiger partial charge in [0.2, 0.25) is 0 Å². The largest absolute Gasteiger partial charge is 0.481 e. The maximum absolute atomic E-state index is 12.4. The summed E-state index contributed by atoms with van der Waals surface area (Å²) >= 11 is 6.16. The second kappa shape index (κ2) is 6.32. The number of rotatable bonds is 5. The second-order valence-electron chi connectivity index (χ2n) is 6.85. The van der Waals surface area contributed by atoms with Gasteiger partial charge in [-0.1, -0.05) is 37.1 Å². The molecule has 5 nitrogen and oxygen atoms in total. The first-order valence-electron chi connectivity index (χ1n) is 8.26. The van der Waals surface area contributed by atoms with Crippen LogP contribution >= 0.6 is 11.6 Å². The Morgan fingerprint density at radius 1 is 1.46 bits per heavy atom. The fourth-order valence-electron chi connectivity index (χ4n) is 4.27. The van der Waals surface area contributed by atoms with Crippen LogP contribution in [0.3, 0.4) is 0 Å². The van der Waals surface area contributed by atoms with Gasteiger partial charge in [0.25, 0.3) is 0 Å². The Hall–Kier alpha value is -1.11. The summed E-state index contributed by atoms with van der Waals surface area (Å²) in [6.45, 7) is 3.19. The number of nitrogens with zero attached hydrogens (tertiary/aromatic N) is 1. The third kappa shape index (κ3) is 2.85. The van der Waals surface area contributed by atoms with Crippen LogP contribution in [-0.4, -0.2) is 43.2 Å². The topological polar surface area (TPSA) is 74.7 Å². The van der Waals surface area contributed by atoms with Crippen LogP contribution in [0, 0.1) is 11.3 Å². The highest BCUT2D eigenvalue weighted by atomic mass is 35.5. The summed E-state index contributed by atoms with van der Waals surface area (Å²) in [4.78, 5) is 14.0. The SMILES string of the molecule is CCS(=O)(=O)c1c(Cl)cccc1CN1C[C@@H]2CCC[C@@]2(C(=O)O)C1. The third-order valence-corrected chi connectivity index (χ3v) is 7.79. The molecule has 0 unspecified atom stereocenters. The standard InChI is InChI=1S/C17H22ClNO4S/c1-2-24(22,23)15-12(5-3-7-14(15)18)9-19-10-13-6-4-8-17(13,11-19)16(20)21/h3,5,7,13H,2,4,6,8-11H2,1H3,(H,20,21)/t13-,17+/m0/s1. The zero-order chi connectivity index (χ0) is 17.5. The fraction of sp³-hybridized carbons (Fsp3) is 0.588. The van der Waals surface area contributed by atoms with E-state index in [9.17, 15) is 18.3 Å². The lowest BCUT2D eigenvalue weighted by Gasteiger charge is -2.24. The minimum absolute atomic E-state index is 0.00851. The monoisotopic (exact) mass is 371 g/mol. The minimum Gasteiger partial charge on any atom is -0.481 e. The van der Waals surface area contributed by atoms with E-state index in [4.69, 9.17) is 11.6 Å². The van der Waals surface area contributed by atoms with Crippen molar-refractivity contribution in [1.82, 2.24) is 4.90 Å². The van der Waals surface area contributed by atoms with Gasteiger partial charge in [0, 0.05) is 19.6 Å². The molecule has 2 aliphatic rings. The Labute approximate surface area is 147 Å². The molecule has 2 fully saturated rings. The van der Waals surface area contributed by atoms with Crippen molar-refractivity contribution in [1.29, 1.82) is 0 Å². The minimum atomic E-state index is -3.43. The highest BCUT2D eigenvalue weighted by Crippen LogP contribution is 2.49. The van der Waals surface area contributed by atoms with E-state index < -0.39 is 21.2 Å². The summed E-state index contributed by atoms with van der Waals surface area (Å²) < 4.78 is 24.8. The van der Waals surface area contributed by atoms with Crippen LogP contribution in [0.1, 0.15) is 31.7 Å². The van der Waals surface area contributed by atoms with E-state index in [1.807, 2.05) is 0 Å². The molecule has 1 N–H and O–H groups in total. The third-order valence-electron chi connectivity index (χ3n) is 5.50. The lowest BCUT2D eigenvalue weighted by atomic mass is 9.81. The van der Waals surface area contributed by atoms with E-state index in [1.165, 1.54) is 0 Å². The number of halogens is 1. The van der Waals surface area contributed by atoms with Gasteiger partial charge in [-0.2, -0.15) is 0 Å². The number of sulfone groups is 1. The first kappa shape index (κ1) is 17.7. The Morgan fingerprint density at radius 2 is 2.21 bits per heavy atom. The van der Waals surface area contributed by atoms with Crippen LogP contribution in [0.2, 0.25) is 5.02 Å². The summed E-state index contributed by atoms with van der Waals surface area (Å²) in [7, 11) is -3.43. The van der Waals surface area contributed by atoms with Crippen LogP contribution in [-0.2, 0) is 21.2 Å². The van der Waals surface area contributed by atoms with Crippen molar-refractivity contribution in [3.63, 3.8) is 0 Å². The predicted octanol–water partition coefficient (Wildman–Crippen LogP) is 2.82. The lowest BCUT2D eigenvalue weighted by Crippen LogP contribution is -2.35. The van der Waals surface area contributed by atoms with E-state index in [0.29, 0.717) is 31.6 Å². The number of carboxylic acid groups (broad SMARTS) is 1. The predicted molar refractivity (Wildman–Crippen MR) is 91.9 cm³/mol. The van der Waals surface area contributed by atoms with Crippen LogP contribution in [0.4, 0.5) is 0 Å². The van der Waals surface area contributed by atoms with E-state index in [0.717, 1.165) is 12.8 Å². The summed E-state index contributed by atoms with van der Waals surface area (Å²) in [5, 5.41) is 9.92. The molecule has 0 spiro atoms. The fourth-order valence-corrected chi connectivity index (χ4v) is 6.01. The van der Waals surface area contributed by atoms with Crippen molar-refractivity contribution < 1.29 is 18.3 Å². The molecule has 1 aromatic rings. The number of likely N-dealkylation sites (tertiary alicyclic amines) is 1. The van der Waals surface area contributed by atoms with Crippen molar-refractivity contribution in [3.8, 4) is 0 Å². The molecule has 1 saturated carbocycles. The molecular formula is C17H22ClNO4S. The summed E-state index contributed by atoms with van der Waals surface area (Å²) in [6.07, 6.45) is 2.59. The van der Waals surface area contributed by atoms with Crippen molar-refractivity contribution in [2.75, 3.05) is 18.8 Å². The molecule has 1 heterocycles. The van der Waals surface area contributed by atoms with Crippen LogP contribution < -0.4 is 0 Å². The smallest absolute Gasteiger partial charge is 0.311 e. The van der Waals surface area contributed by atoms with E-state index in [1.54, 1.807) is 25.1 Å². The maximum atomic E-state index is 12.4. The number of hydrogen-bond acceptors (Lipinski definition) is 4. The molecule has 0 bridgehead atoms. The molecule has 1 saturated heterocycles. The average Bonchev–Trinajstić information content (AvgIpc) is 3.04. The first-order valence-corrected chi connectivity index (χ1v) is 10.3. The zero-order valence-corrected chi connectivity index (χ0v) is 15.2. The van der Waals surface area contributed by atoms with E-state index in [2.05, 4.69) is 4.90 Å². The highest BCUT2D eigenvalue weighted by molar-refractivity contribution is 7.91. The van der Waals surface area contributed by atoms with Gasteiger partial charge in [-0.3, -0.25) is 9.69 Å². The van der Waals surface area contributed by atoms with E-state index in [-0.39, 0.29) is 21.6 Å². The molecule has 1 aliphatic heterocycles. The van der Waals surface area contributed by atoms with Crippen molar-refractivity contribution in [2.45, 2.75) is 37.6 Å². The Kier molecular flexibility index (Phi) is 4.66. The number of carboxylic acids is 1. The van der Waals surface area contributed by atoms with Gasteiger partial charge < -0.3 is 5.11 Å². The van der Waals surface area contributed by atoms with Crippen LogP contribution in [0.25, 0.3) is 0 Å². The van der Waals surface area contributed by atoms with Crippen molar-refractivity contribution >= 4 is 27.4 Å². The molecule has 24 heavy (non-hydrogen) atoms. The van der Waals surface area contributed by atoms with Crippen molar-refractivity contribution in [2.24, 2.45) is 11.3 Å². The normalized spacial score (nSPS) is 27.3. The van der Waals surface area contributed by atoms with Gasteiger partial charge >= 0.3 is 5.97 Å². The molecule has 0 radical (unpaired) electrons. The number of benzene rings is 1. The van der Waals surface area contributed by atoms with Gasteiger partial charge in [-0.15, -0.1) is 0 Å². The Bertz CT molecular complexity index is 764. The van der Waals surface area contributed by atoms with Gasteiger partial charge in [0.1, 0.15) is 0 Å². The van der Waals surface area contributed by atoms with Crippen LogP contribution in [0.15, 0.2) is 23.1 Å². The number of hydrogen-bond donors (Lipinski definition) is 1. The lowest BCUT2D eigenvalue weighted by molar-refractivity contribution is -0.149. The van der Waals surface area contributed by atoms with Gasteiger partial charge in [0.15, 0.2) is 9.84 Å². The summed E-state index contributed by atoms with van der Waals surface area (Å²) in [5.74, 6) is -0.578. The number of carbonyl (C=O) groups is 1. The molecule has 1 aliphatic carbocycles. The molecular weight excluding hydrogens is 350 g/mol. The summed E-state index contributed by atoms with van der Waals surface area (Å²) in [6, 6.07) is 5.11. The molecule has 1 aromatic carbocycles. The highest BCUT2D eigenvalue weighted by Gasteiger charge is 2.54. The van der Waals surface area contributed by atoms with Crippen molar-refractivity contribution in [3.05, 3.63) is 28.8 Å². The Balaban J connectivity index is 1.89. The molecule has 132 valence electrons. The molecule has 0 aromatic heterocycles. The maximum Gasteiger partial charge on any atom is 0.311 e. The van der Waals surface area contributed by atoms with Gasteiger partial charge in [-0.05, 0) is 30.4 Å². The molecule has 0 amide bonds. The average molecular weight is 372 g/mol. The second-order valence-corrected chi connectivity index (χ2v) is 9.47. The van der Waals surface area contributed by atoms with Crippen LogP contribution in [0.5, 0.6) is 0 Å². The quantitative estimate of drug-likeness (QED) is 0.861.